The minimum absolute atomic E-state index is 0.0507. The van der Waals surface area contributed by atoms with Crippen LogP contribution in [0.1, 0.15) is 44.6 Å². The maximum absolute atomic E-state index is 13.2. The monoisotopic (exact) mass is 406 g/mol. The van der Waals surface area contributed by atoms with Crippen molar-refractivity contribution < 1.29 is 19.1 Å². The van der Waals surface area contributed by atoms with Gasteiger partial charge in [-0.1, -0.05) is 20.8 Å². The molecule has 2 heterocycles. The highest BCUT2D eigenvalue weighted by molar-refractivity contribution is 5.70. The molecule has 0 aliphatic rings. The Morgan fingerprint density at radius 1 is 1.34 bits per heavy atom. The summed E-state index contributed by atoms with van der Waals surface area (Å²) in [6, 6.07) is 1.82. The number of hydrogen-bond acceptors (Lipinski definition) is 6. The topological polar surface area (TPSA) is 95.1 Å². The lowest BCUT2D eigenvalue weighted by Crippen LogP contribution is -2.33. The van der Waals surface area contributed by atoms with E-state index in [2.05, 4.69) is 5.10 Å². The molecule has 9 nitrogen and oxygen atoms in total. The minimum Gasteiger partial charge on any atom is -0.465 e. The minimum atomic E-state index is -0.405. The molecule has 0 spiro atoms. The second-order valence-corrected chi connectivity index (χ2v) is 7.88. The Morgan fingerprint density at radius 3 is 2.59 bits per heavy atom. The highest BCUT2D eigenvalue weighted by Crippen LogP contribution is 2.23. The van der Waals surface area contributed by atoms with Gasteiger partial charge in [0.15, 0.2) is 0 Å². The van der Waals surface area contributed by atoms with Crippen LogP contribution in [0.2, 0.25) is 0 Å². The van der Waals surface area contributed by atoms with Crippen molar-refractivity contribution in [3.05, 3.63) is 33.4 Å². The highest BCUT2D eigenvalue weighted by atomic mass is 16.5. The second-order valence-electron chi connectivity index (χ2n) is 7.88. The van der Waals surface area contributed by atoms with Crippen molar-refractivity contribution in [2.45, 2.75) is 53.1 Å². The molecule has 0 N–H and O–H groups in total. The molecule has 0 radical (unpaired) electrons. The molecule has 2 aromatic heterocycles. The molecule has 160 valence electrons. The molecule has 0 aliphatic carbocycles. The molecular weight excluding hydrogens is 376 g/mol. The van der Waals surface area contributed by atoms with Crippen LogP contribution in [0.3, 0.4) is 0 Å². The maximum atomic E-state index is 13.2. The Morgan fingerprint density at radius 2 is 2.03 bits per heavy atom. The summed E-state index contributed by atoms with van der Waals surface area (Å²) in [6.07, 6.45) is 0.682. The van der Waals surface area contributed by atoms with Crippen molar-refractivity contribution >= 4 is 18.0 Å². The first-order chi connectivity index (χ1) is 13.6. The summed E-state index contributed by atoms with van der Waals surface area (Å²) in [5.74, 6) is -0.405. The molecule has 0 bridgehead atoms. The van der Waals surface area contributed by atoms with E-state index in [4.69, 9.17) is 9.47 Å². The number of methoxy groups -OCH3 is 1. The smallest absolute Gasteiger partial charge is 0.326 e. The zero-order chi connectivity index (χ0) is 21.8. The van der Waals surface area contributed by atoms with E-state index in [1.807, 2.05) is 26.8 Å². The largest absolute Gasteiger partial charge is 0.465 e. The number of carbonyl (C=O) groups excluding carboxylic acids is 2. The van der Waals surface area contributed by atoms with Crippen molar-refractivity contribution in [2.75, 3.05) is 26.9 Å². The molecule has 0 saturated carbocycles. The average molecular weight is 406 g/mol. The number of rotatable bonds is 9. The summed E-state index contributed by atoms with van der Waals surface area (Å²) >= 11 is 0. The summed E-state index contributed by atoms with van der Waals surface area (Å²) in [5.41, 5.74) is 1.66. The Bertz CT molecular complexity index is 939. The molecule has 9 heteroatoms. The van der Waals surface area contributed by atoms with E-state index in [1.54, 1.807) is 25.5 Å². The van der Waals surface area contributed by atoms with E-state index in [9.17, 15) is 14.4 Å². The number of fused-ring (bicyclic) bond motifs is 1. The molecule has 0 saturated heterocycles. The van der Waals surface area contributed by atoms with Crippen LogP contribution in [0.5, 0.6) is 0 Å². The molecule has 29 heavy (non-hydrogen) atoms. The van der Waals surface area contributed by atoms with Gasteiger partial charge in [-0.2, -0.15) is 9.61 Å². The third kappa shape index (κ3) is 5.03. The predicted octanol–water partition coefficient (Wildman–Crippen LogP) is 1.27. The molecule has 0 atom stereocenters. The maximum Gasteiger partial charge on any atom is 0.326 e. The number of amides is 1. The fourth-order valence-electron chi connectivity index (χ4n) is 2.99. The molecule has 0 aliphatic heterocycles. The number of esters is 1. The first kappa shape index (κ1) is 22.6. The molecule has 2 aromatic rings. The third-order valence-corrected chi connectivity index (χ3v) is 4.71. The molecule has 0 aromatic carbocycles. The van der Waals surface area contributed by atoms with E-state index >= 15 is 0 Å². The number of aromatic nitrogens is 3. The van der Waals surface area contributed by atoms with Gasteiger partial charge in [0, 0.05) is 30.8 Å². The number of hydrogen-bond donors (Lipinski definition) is 0. The summed E-state index contributed by atoms with van der Waals surface area (Å²) in [6.45, 7) is 10.5. The average Bonchev–Trinajstić information content (AvgIpc) is 3.11. The van der Waals surface area contributed by atoms with E-state index in [1.165, 1.54) is 9.42 Å². The Hall–Kier alpha value is -2.68. The quantitative estimate of drug-likeness (QED) is 0.460. The van der Waals surface area contributed by atoms with Crippen LogP contribution in [0.15, 0.2) is 10.9 Å². The second kappa shape index (κ2) is 9.21. The zero-order valence-corrected chi connectivity index (χ0v) is 18.0. The van der Waals surface area contributed by atoms with Crippen LogP contribution in [-0.2, 0) is 37.6 Å². The van der Waals surface area contributed by atoms with Crippen LogP contribution in [0, 0.1) is 6.92 Å². The van der Waals surface area contributed by atoms with Crippen LogP contribution in [0.4, 0.5) is 0 Å². The molecular formula is C20H30N4O5. The third-order valence-electron chi connectivity index (χ3n) is 4.71. The van der Waals surface area contributed by atoms with E-state index in [0.717, 1.165) is 5.69 Å². The van der Waals surface area contributed by atoms with Gasteiger partial charge in [0.05, 0.1) is 31.0 Å². The summed E-state index contributed by atoms with van der Waals surface area (Å²) in [7, 11) is 1.55. The van der Waals surface area contributed by atoms with Gasteiger partial charge in [-0.15, -0.1) is 0 Å². The van der Waals surface area contributed by atoms with Gasteiger partial charge in [0.25, 0.3) is 5.56 Å². The first-order valence-corrected chi connectivity index (χ1v) is 9.60. The standard InChI is InChI=1S/C20H30N4O5/c1-7-29-18(26)12-23-14(2)15(11-22(13-25)8-9-28-6)19(27)24-17(23)10-16(21-24)20(3,4)5/h10,13H,7-9,11-12H2,1-6H3. The van der Waals surface area contributed by atoms with Gasteiger partial charge in [-0.3, -0.25) is 14.4 Å². The molecule has 0 fully saturated rings. The highest BCUT2D eigenvalue weighted by Gasteiger charge is 2.24. The first-order valence-electron chi connectivity index (χ1n) is 9.60. The van der Waals surface area contributed by atoms with Gasteiger partial charge >= 0.3 is 5.97 Å². The van der Waals surface area contributed by atoms with E-state index < -0.39 is 5.97 Å². The van der Waals surface area contributed by atoms with Crippen molar-refractivity contribution in [3.8, 4) is 0 Å². The van der Waals surface area contributed by atoms with Crippen molar-refractivity contribution in [1.29, 1.82) is 0 Å². The zero-order valence-electron chi connectivity index (χ0n) is 18.0. The van der Waals surface area contributed by atoms with Gasteiger partial charge < -0.3 is 18.9 Å². The SMILES string of the molecule is CCOC(=O)Cn1c(C)c(CN(C=O)CCOC)c(=O)n2nc(C(C)(C)C)cc12. The predicted molar refractivity (Wildman–Crippen MR) is 108 cm³/mol. The number of ether oxygens (including phenoxy) is 2. The summed E-state index contributed by atoms with van der Waals surface area (Å²) < 4.78 is 13.1. The van der Waals surface area contributed by atoms with E-state index in [0.29, 0.717) is 36.5 Å². The normalized spacial score (nSPS) is 11.7. The van der Waals surface area contributed by atoms with Crippen LogP contribution in [-0.4, -0.2) is 58.3 Å². The number of carbonyl (C=O) groups is 2. The Labute approximate surface area is 170 Å². The van der Waals surface area contributed by atoms with Gasteiger partial charge in [-0.25, -0.2) is 0 Å². The van der Waals surface area contributed by atoms with Crippen molar-refractivity contribution in [3.63, 3.8) is 0 Å². The Kier molecular flexibility index (Phi) is 7.18. The lowest BCUT2D eigenvalue weighted by atomic mass is 9.93. The van der Waals surface area contributed by atoms with Gasteiger partial charge in [0.1, 0.15) is 12.2 Å². The van der Waals surface area contributed by atoms with Crippen molar-refractivity contribution in [1.82, 2.24) is 19.1 Å². The summed E-state index contributed by atoms with van der Waals surface area (Å²) in [4.78, 5) is 38.3. The fraction of sp³-hybridized carbons (Fsp3) is 0.600. The molecule has 2 rings (SSSR count). The van der Waals surface area contributed by atoms with Crippen LogP contribution < -0.4 is 5.56 Å². The number of nitrogens with zero attached hydrogens (tertiary/aromatic N) is 4. The van der Waals surface area contributed by atoms with Gasteiger partial charge in [-0.05, 0) is 13.8 Å². The van der Waals surface area contributed by atoms with Crippen LogP contribution >= 0.6 is 0 Å². The molecule has 0 unspecified atom stereocenters. The Balaban J connectivity index is 2.66. The lowest BCUT2D eigenvalue weighted by Gasteiger charge is -2.20. The molecule has 1 amide bonds. The fourth-order valence-corrected chi connectivity index (χ4v) is 2.99. The van der Waals surface area contributed by atoms with Crippen molar-refractivity contribution in [2.24, 2.45) is 0 Å². The van der Waals surface area contributed by atoms with Gasteiger partial charge in [0.2, 0.25) is 6.41 Å². The van der Waals surface area contributed by atoms with E-state index in [-0.39, 0.29) is 30.7 Å². The summed E-state index contributed by atoms with van der Waals surface area (Å²) in [5, 5.41) is 4.49. The lowest BCUT2D eigenvalue weighted by molar-refractivity contribution is -0.143. The van der Waals surface area contributed by atoms with Crippen LogP contribution in [0.25, 0.3) is 5.65 Å².